The fourth-order valence-corrected chi connectivity index (χ4v) is 3.74. The molecule has 0 spiro atoms. The molecule has 114 valence electrons. The molecule has 1 aromatic heterocycles. The standard InChI is InChI=1S/C18H21N3O/c22-18(19-17-10-14-6-8-20(11-14)13-17)21-9-7-16(12-21)15-4-2-1-3-5-15/h1-5,7,9,12,14,17H,6,8,10-11,13H2,(H,19,22). The Morgan fingerprint density at radius 3 is 2.77 bits per heavy atom. The van der Waals surface area contributed by atoms with Crippen LogP contribution in [0.1, 0.15) is 12.8 Å². The summed E-state index contributed by atoms with van der Waals surface area (Å²) in [6, 6.07) is 12.4. The molecule has 4 nitrogen and oxygen atoms in total. The summed E-state index contributed by atoms with van der Waals surface area (Å²) in [4.78, 5) is 14.9. The lowest BCUT2D eigenvalue weighted by Gasteiger charge is -2.30. The van der Waals surface area contributed by atoms with Crippen molar-refractivity contribution >= 4 is 6.03 Å². The summed E-state index contributed by atoms with van der Waals surface area (Å²) in [6.07, 6.45) is 6.15. The predicted octanol–water partition coefficient (Wildman–Crippen LogP) is 2.81. The van der Waals surface area contributed by atoms with E-state index >= 15 is 0 Å². The van der Waals surface area contributed by atoms with E-state index in [0.29, 0.717) is 0 Å². The average molecular weight is 295 g/mol. The maximum absolute atomic E-state index is 12.4. The van der Waals surface area contributed by atoms with Gasteiger partial charge >= 0.3 is 6.03 Å². The summed E-state index contributed by atoms with van der Waals surface area (Å²) >= 11 is 0. The van der Waals surface area contributed by atoms with Crippen LogP contribution in [0.25, 0.3) is 11.1 Å². The Hall–Kier alpha value is -2.07. The number of aromatic nitrogens is 1. The second-order valence-corrected chi connectivity index (χ2v) is 6.47. The number of piperidine rings is 1. The first-order chi connectivity index (χ1) is 10.8. The lowest BCUT2D eigenvalue weighted by atomic mass is 9.97. The van der Waals surface area contributed by atoms with E-state index < -0.39 is 0 Å². The highest BCUT2D eigenvalue weighted by Crippen LogP contribution is 2.26. The van der Waals surface area contributed by atoms with Gasteiger partial charge in [0, 0.05) is 31.5 Å². The van der Waals surface area contributed by atoms with E-state index in [1.807, 2.05) is 36.7 Å². The number of carbonyl (C=O) groups excluding carboxylic acids is 1. The number of nitrogens with zero attached hydrogens (tertiary/aromatic N) is 2. The van der Waals surface area contributed by atoms with E-state index in [1.54, 1.807) is 4.57 Å². The molecule has 3 unspecified atom stereocenters. The first-order valence-corrected chi connectivity index (χ1v) is 8.04. The average Bonchev–Trinajstić information content (AvgIpc) is 3.15. The van der Waals surface area contributed by atoms with Crippen molar-refractivity contribution in [1.29, 1.82) is 0 Å². The Kier molecular flexibility index (Phi) is 3.47. The molecule has 0 aliphatic carbocycles. The minimum atomic E-state index is -0.0188. The number of benzene rings is 1. The topological polar surface area (TPSA) is 37.3 Å². The fraction of sp³-hybridized carbons (Fsp3) is 0.389. The molecule has 2 aliphatic rings. The maximum Gasteiger partial charge on any atom is 0.325 e. The quantitative estimate of drug-likeness (QED) is 0.925. The van der Waals surface area contributed by atoms with Crippen molar-refractivity contribution in [2.24, 2.45) is 5.92 Å². The number of fused-ring (bicyclic) bond motifs is 2. The van der Waals surface area contributed by atoms with E-state index in [4.69, 9.17) is 0 Å². The van der Waals surface area contributed by atoms with Gasteiger partial charge in [-0.05, 0) is 42.5 Å². The van der Waals surface area contributed by atoms with Gasteiger partial charge in [0.25, 0.3) is 0 Å². The third kappa shape index (κ3) is 2.66. The molecule has 3 atom stereocenters. The first kappa shape index (κ1) is 13.6. The van der Waals surface area contributed by atoms with Gasteiger partial charge in [-0.1, -0.05) is 30.3 Å². The number of hydrogen-bond donors (Lipinski definition) is 1. The minimum absolute atomic E-state index is 0.0188. The Morgan fingerprint density at radius 1 is 1.09 bits per heavy atom. The van der Waals surface area contributed by atoms with Crippen LogP contribution in [0.3, 0.4) is 0 Å². The van der Waals surface area contributed by atoms with Crippen LogP contribution in [-0.4, -0.2) is 41.2 Å². The number of carbonyl (C=O) groups is 1. The van der Waals surface area contributed by atoms with Gasteiger partial charge in [0.2, 0.25) is 0 Å². The molecular formula is C18H21N3O. The molecule has 3 heterocycles. The molecule has 0 radical (unpaired) electrons. The van der Waals surface area contributed by atoms with Crippen LogP contribution in [0.5, 0.6) is 0 Å². The van der Waals surface area contributed by atoms with Crippen molar-refractivity contribution in [3.05, 3.63) is 48.8 Å². The van der Waals surface area contributed by atoms with E-state index in [2.05, 4.69) is 22.3 Å². The van der Waals surface area contributed by atoms with Crippen molar-refractivity contribution in [1.82, 2.24) is 14.8 Å². The molecule has 4 rings (SSSR count). The van der Waals surface area contributed by atoms with Crippen molar-refractivity contribution in [2.45, 2.75) is 18.9 Å². The molecule has 22 heavy (non-hydrogen) atoms. The zero-order chi connectivity index (χ0) is 14.9. The molecule has 1 amide bonds. The number of rotatable bonds is 2. The SMILES string of the molecule is O=C(NC1CC2CCN(C2)C1)n1ccc(-c2ccccc2)c1. The summed E-state index contributed by atoms with van der Waals surface area (Å²) in [5.41, 5.74) is 2.21. The predicted molar refractivity (Wildman–Crippen MR) is 86.7 cm³/mol. The Morgan fingerprint density at radius 2 is 1.95 bits per heavy atom. The summed E-state index contributed by atoms with van der Waals surface area (Å²) in [6.45, 7) is 3.40. The first-order valence-electron chi connectivity index (χ1n) is 8.04. The minimum Gasteiger partial charge on any atom is -0.333 e. The van der Waals surface area contributed by atoms with Crippen LogP contribution in [0, 0.1) is 5.92 Å². The third-order valence-electron chi connectivity index (χ3n) is 4.83. The summed E-state index contributed by atoms with van der Waals surface area (Å²) in [5.74, 6) is 0.767. The Balaban J connectivity index is 1.44. The van der Waals surface area contributed by atoms with Crippen molar-refractivity contribution < 1.29 is 4.79 Å². The van der Waals surface area contributed by atoms with Crippen LogP contribution in [-0.2, 0) is 0 Å². The van der Waals surface area contributed by atoms with Gasteiger partial charge in [0.15, 0.2) is 0 Å². The second-order valence-electron chi connectivity index (χ2n) is 6.47. The summed E-state index contributed by atoms with van der Waals surface area (Å²) < 4.78 is 1.66. The Labute approximate surface area is 130 Å². The zero-order valence-corrected chi connectivity index (χ0v) is 12.6. The van der Waals surface area contributed by atoms with Crippen molar-refractivity contribution in [3.63, 3.8) is 0 Å². The molecule has 1 aromatic carbocycles. The van der Waals surface area contributed by atoms with Crippen molar-refractivity contribution in [2.75, 3.05) is 19.6 Å². The van der Waals surface area contributed by atoms with Gasteiger partial charge in [0.05, 0.1) is 0 Å². The van der Waals surface area contributed by atoms with Gasteiger partial charge < -0.3 is 10.2 Å². The highest BCUT2D eigenvalue weighted by atomic mass is 16.2. The summed E-state index contributed by atoms with van der Waals surface area (Å²) in [5, 5.41) is 3.18. The van der Waals surface area contributed by atoms with Crippen LogP contribution in [0.15, 0.2) is 48.8 Å². The fourth-order valence-electron chi connectivity index (χ4n) is 3.74. The van der Waals surface area contributed by atoms with Crippen LogP contribution >= 0.6 is 0 Å². The second kappa shape index (κ2) is 5.61. The molecule has 4 heteroatoms. The molecule has 2 bridgehead atoms. The van der Waals surface area contributed by atoms with Crippen LogP contribution in [0.4, 0.5) is 4.79 Å². The van der Waals surface area contributed by atoms with E-state index in [1.165, 1.54) is 19.5 Å². The van der Waals surface area contributed by atoms with E-state index in [9.17, 15) is 4.79 Å². The number of hydrogen-bond acceptors (Lipinski definition) is 2. The normalized spacial score (nSPS) is 26.8. The zero-order valence-electron chi connectivity index (χ0n) is 12.6. The van der Waals surface area contributed by atoms with Gasteiger partial charge in [-0.15, -0.1) is 0 Å². The van der Waals surface area contributed by atoms with Gasteiger partial charge in [0.1, 0.15) is 0 Å². The number of nitrogens with one attached hydrogen (secondary N) is 1. The molecular weight excluding hydrogens is 274 g/mol. The maximum atomic E-state index is 12.4. The smallest absolute Gasteiger partial charge is 0.325 e. The summed E-state index contributed by atoms with van der Waals surface area (Å²) in [7, 11) is 0. The van der Waals surface area contributed by atoms with E-state index in [0.717, 1.165) is 30.0 Å². The lowest BCUT2D eigenvalue weighted by molar-refractivity contribution is 0.206. The van der Waals surface area contributed by atoms with Gasteiger partial charge in [-0.3, -0.25) is 4.57 Å². The molecule has 0 saturated carbocycles. The third-order valence-corrected chi connectivity index (χ3v) is 4.83. The molecule has 2 fully saturated rings. The van der Waals surface area contributed by atoms with Gasteiger partial charge in [-0.2, -0.15) is 0 Å². The monoisotopic (exact) mass is 295 g/mol. The molecule has 2 saturated heterocycles. The Bertz CT molecular complexity index is 652. The highest BCUT2D eigenvalue weighted by Gasteiger charge is 2.32. The highest BCUT2D eigenvalue weighted by molar-refractivity contribution is 5.79. The number of amides is 1. The van der Waals surface area contributed by atoms with Crippen LogP contribution < -0.4 is 5.32 Å². The van der Waals surface area contributed by atoms with Crippen molar-refractivity contribution in [3.8, 4) is 11.1 Å². The van der Waals surface area contributed by atoms with E-state index in [-0.39, 0.29) is 12.1 Å². The largest absolute Gasteiger partial charge is 0.333 e. The van der Waals surface area contributed by atoms with Gasteiger partial charge in [-0.25, -0.2) is 4.79 Å². The lowest BCUT2D eigenvalue weighted by Crippen LogP contribution is -2.47. The molecule has 2 aromatic rings. The van der Waals surface area contributed by atoms with Crippen LogP contribution in [0.2, 0.25) is 0 Å². The molecule has 2 aliphatic heterocycles. The molecule has 1 N–H and O–H groups in total.